The van der Waals surface area contributed by atoms with Gasteiger partial charge in [0, 0.05) is 9.75 Å². The fraction of sp³-hybridized carbons (Fsp3) is 0.733. The molecule has 0 fully saturated rings. The van der Waals surface area contributed by atoms with E-state index in [4.69, 9.17) is 0 Å². The largest absolute Gasteiger partial charge is 0.317 e. The lowest BCUT2D eigenvalue weighted by atomic mass is 9.84. The van der Waals surface area contributed by atoms with Crippen molar-refractivity contribution in [1.82, 2.24) is 5.32 Å². The van der Waals surface area contributed by atoms with Gasteiger partial charge in [0.15, 0.2) is 0 Å². The van der Waals surface area contributed by atoms with Gasteiger partial charge in [0.25, 0.3) is 0 Å². The van der Waals surface area contributed by atoms with Crippen LogP contribution >= 0.6 is 11.3 Å². The lowest BCUT2D eigenvalue weighted by molar-refractivity contribution is 0.304. The van der Waals surface area contributed by atoms with E-state index < -0.39 is 0 Å². The van der Waals surface area contributed by atoms with E-state index >= 15 is 0 Å². The molecule has 0 aliphatic rings. The normalized spacial score (nSPS) is 12.1. The summed E-state index contributed by atoms with van der Waals surface area (Å²) in [5, 5.41) is 3.42. The van der Waals surface area contributed by atoms with E-state index in [0.717, 1.165) is 13.1 Å². The van der Waals surface area contributed by atoms with Gasteiger partial charge in [-0.25, -0.2) is 0 Å². The highest BCUT2D eigenvalue weighted by molar-refractivity contribution is 7.12. The predicted octanol–water partition coefficient (Wildman–Crippen LogP) is 4.32. The molecule has 17 heavy (non-hydrogen) atoms. The topological polar surface area (TPSA) is 12.0 Å². The van der Waals surface area contributed by atoms with Gasteiger partial charge in [-0.1, -0.05) is 20.8 Å². The van der Waals surface area contributed by atoms with Crippen molar-refractivity contribution in [1.29, 1.82) is 0 Å². The molecule has 2 heteroatoms. The second-order valence-corrected chi connectivity index (χ2v) is 7.07. The molecule has 0 saturated carbocycles. The summed E-state index contributed by atoms with van der Waals surface area (Å²) in [5.74, 6) is 0. The maximum absolute atomic E-state index is 3.42. The van der Waals surface area contributed by atoms with Crippen LogP contribution in [0.5, 0.6) is 0 Å². The second kappa shape index (κ2) is 6.55. The molecular weight excluding hydrogens is 226 g/mol. The van der Waals surface area contributed by atoms with Crippen molar-refractivity contribution in [3.8, 4) is 0 Å². The molecule has 1 N–H and O–H groups in total. The monoisotopic (exact) mass is 253 g/mol. The molecule has 0 bridgehead atoms. The Morgan fingerprint density at radius 3 is 2.47 bits per heavy atom. The van der Waals surface area contributed by atoms with Crippen molar-refractivity contribution in [2.24, 2.45) is 5.41 Å². The first-order valence-electron chi connectivity index (χ1n) is 6.71. The van der Waals surface area contributed by atoms with Crippen molar-refractivity contribution in [2.75, 3.05) is 13.1 Å². The van der Waals surface area contributed by atoms with Gasteiger partial charge in [0.05, 0.1) is 0 Å². The van der Waals surface area contributed by atoms with Crippen LogP contribution in [-0.4, -0.2) is 13.1 Å². The molecule has 0 unspecified atom stereocenters. The molecule has 1 aromatic heterocycles. The Labute approximate surface area is 111 Å². The van der Waals surface area contributed by atoms with Gasteiger partial charge in [-0.3, -0.25) is 0 Å². The van der Waals surface area contributed by atoms with Crippen LogP contribution in [0.25, 0.3) is 0 Å². The van der Waals surface area contributed by atoms with Gasteiger partial charge < -0.3 is 5.32 Å². The average molecular weight is 253 g/mol. The zero-order valence-corrected chi connectivity index (χ0v) is 12.8. The van der Waals surface area contributed by atoms with Gasteiger partial charge >= 0.3 is 0 Å². The zero-order chi connectivity index (χ0) is 12.9. The molecule has 0 aliphatic carbocycles. The minimum Gasteiger partial charge on any atom is -0.317 e. The van der Waals surface area contributed by atoms with Crippen molar-refractivity contribution in [3.05, 3.63) is 21.4 Å². The van der Waals surface area contributed by atoms with Crippen LogP contribution in [0.2, 0.25) is 0 Å². The first-order chi connectivity index (χ1) is 7.94. The van der Waals surface area contributed by atoms with E-state index in [0.29, 0.717) is 5.41 Å². The van der Waals surface area contributed by atoms with Crippen LogP contribution in [0.1, 0.15) is 48.9 Å². The summed E-state index contributed by atoms with van der Waals surface area (Å²) in [6.45, 7) is 13.6. The van der Waals surface area contributed by atoms with E-state index in [9.17, 15) is 0 Å². The minimum atomic E-state index is 0.451. The third-order valence-corrected chi connectivity index (χ3v) is 4.61. The first-order valence-corrected chi connectivity index (χ1v) is 7.53. The molecule has 0 aliphatic heterocycles. The summed E-state index contributed by atoms with van der Waals surface area (Å²) >= 11 is 1.97. The molecule has 0 atom stereocenters. The number of hydrogen-bond acceptors (Lipinski definition) is 2. The number of nitrogens with one attached hydrogen (secondary N) is 1. The Morgan fingerprint density at radius 2 is 1.94 bits per heavy atom. The number of thiophene rings is 1. The van der Waals surface area contributed by atoms with E-state index in [1.54, 1.807) is 4.88 Å². The fourth-order valence-corrected chi connectivity index (χ4v) is 3.17. The summed E-state index contributed by atoms with van der Waals surface area (Å²) in [4.78, 5) is 3.03. The van der Waals surface area contributed by atoms with Crippen LogP contribution < -0.4 is 5.32 Å². The summed E-state index contributed by atoms with van der Waals surface area (Å²) < 4.78 is 0. The maximum atomic E-state index is 3.42. The van der Waals surface area contributed by atoms with Crippen LogP contribution in [-0.2, 0) is 6.42 Å². The van der Waals surface area contributed by atoms with E-state index in [1.807, 2.05) is 11.3 Å². The van der Waals surface area contributed by atoms with Crippen molar-refractivity contribution in [3.63, 3.8) is 0 Å². The van der Waals surface area contributed by atoms with Crippen LogP contribution in [0.15, 0.2) is 6.07 Å². The summed E-state index contributed by atoms with van der Waals surface area (Å²) in [6, 6.07) is 2.31. The van der Waals surface area contributed by atoms with Gasteiger partial charge in [0.1, 0.15) is 0 Å². The Morgan fingerprint density at radius 1 is 1.24 bits per heavy atom. The molecule has 0 saturated heterocycles. The highest BCUT2D eigenvalue weighted by Gasteiger charge is 2.18. The molecular formula is C15H27NS. The molecule has 1 rings (SSSR count). The smallest absolute Gasteiger partial charge is 0.00774 e. The maximum Gasteiger partial charge on any atom is 0.00774 e. The Kier molecular flexibility index (Phi) is 5.68. The highest BCUT2D eigenvalue weighted by Crippen LogP contribution is 2.30. The quantitative estimate of drug-likeness (QED) is 0.713. The molecule has 0 aromatic carbocycles. The summed E-state index contributed by atoms with van der Waals surface area (Å²) in [6.07, 6.45) is 3.80. The molecule has 1 aromatic rings. The minimum absolute atomic E-state index is 0.451. The van der Waals surface area contributed by atoms with Crippen molar-refractivity contribution >= 4 is 11.3 Å². The summed E-state index contributed by atoms with van der Waals surface area (Å²) in [7, 11) is 0. The molecule has 0 spiro atoms. The molecule has 0 radical (unpaired) electrons. The lowest BCUT2D eigenvalue weighted by Crippen LogP contribution is -2.22. The van der Waals surface area contributed by atoms with Gasteiger partial charge in [-0.05, 0) is 63.2 Å². The summed E-state index contributed by atoms with van der Waals surface area (Å²) in [5.41, 5.74) is 1.93. The third-order valence-electron chi connectivity index (χ3n) is 3.40. The average Bonchev–Trinajstić information content (AvgIpc) is 2.55. The Bertz CT molecular complexity index is 339. The Balaban J connectivity index is 2.40. The molecule has 1 nitrogen and oxygen atoms in total. The van der Waals surface area contributed by atoms with Crippen LogP contribution in [0.3, 0.4) is 0 Å². The van der Waals surface area contributed by atoms with Crippen LogP contribution in [0, 0.1) is 19.3 Å². The van der Waals surface area contributed by atoms with Gasteiger partial charge in [-0.15, -0.1) is 11.3 Å². The highest BCUT2D eigenvalue weighted by atomic mass is 32.1. The number of aryl methyl sites for hydroxylation is 3. The third kappa shape index (κ3) is 5.22. The molecule has 98 valence electrons. The van der Waals surface area contributed by atoms with Crippen LogP contribution in [0.4, 0.5) is 0 Å². The predicted molar refractivity (Wildman–Crippen MR) is 79.1 cm³/mol. The Hall–Kier alpha value is -0.340. The fourth-order valence-electron chi connectivity index (χ4n) is 2.12. The van der Waals surface area contributed by atoms with Gasteiger partial charge in [0.2, 0.25) is 0 Å². The van der Waals surface area contributed by atoms with E-state index in [1.165, 1.54) is 29.7 Å². The van der Waals surface area contributed by atoms with Gasteiger partial charge in [-0.2, -0.15) is 0 Å². The SMILES string of the molecule is CCNCCC(C)(C)CCc1sc(C)cc1C. The lowest BCUT2D eigenvalue weighted by Gasteiger charge is -2.24. The second-order valence-electron chi connectivity index (χ2n) is 5.73. The van der Waals surface area contributed by atoms with E-state index in [-0.39, 0.29) is 0 Å². The molecule has 0 amide bonds. The van der Waals surface area contributed by atoms with Crippen molar-refractivity contribution in [2.45, 2.75) is 53.9 Å². The number of rotatable bonds is 7. The number of hydrogen-bond donors (Lipinski definition) is 1. The first kappa shape index (κ1) is 14.7. The van der Waals surface area contributed by atoms with Crippen molar-refractivity contribution < 1.29 is 0 Å². The standard InChI is InChI=1S/C15H27NS/c1-6-16-10-9-15(4,5)8-7-14-12(2)11-13(3)17-14/h11,16H,6-10H2,1-5H3. The zero-order valence-electron chi connectivity index (χ0n) is 12.0. The van der Waals surface area contributed by atoms with E-state index in [2.05, 4.69) is 46.0 Å². The molecule has 1 heterocycles.